The van der Waals surface area contributed by atoms with Gasteiger partial charge in [-0.25, -0.2) is 4.85 Å². The van der Waals surface area contributed by atoms with E-state index in [2.05, 4.69) is 22.0 Å². The molecule has 1 aromatic heterocycles. The van der Waals surface area contributed by atoms with Gasteiger partial charge < -0.3 is 15.2 Å². The van der Waals surface area contributed by atoms with E-state index >= 15 is 0 Å². The summed E-state index contributed by atoms with van der Waals surface area (Å²) < 4.78 is 0. The molecule has 7 heteroatoms. The number of aliphatic hydroxyl groups is 2. The molecule has 0 fully saturated rings. The molecular weight excluding hydrogens is 629 g/mol. The number of rotatable bonds is 5. The minimum atomic E-state index is -0.375. The van der Waals surface area contributed by atoms with Crippen LogP contribution in [0.2, 0.25) is 0 Å². The van der Waals surface area contributed by atoms with Crippen molar-refractivity contribution < 1.29 is 30.3 Å². The second-order valence-corrected chi connectivity index (χ2v) is 8.02. The molecule has 4 aromatic rings. The van der Waals surface area contributed by atoms with Gasteiger partial charge >= 0.3 is 0 Å². The van der Waals surface area contributed by atoms with Crippen molar-refractivity contribution in [1.82, 2.24) is 9.97 Å². The van der Waals surface area contributed by atoms with Crippen LogP contribution in [0.3, 0.4) is 0 Å². The third kappa shape index (κ3) is 7.92. The Balaban J connectivity index is 0.000000503. The molecule has 4 rings (SSSR count). The van der Waals surface area contributed by atoms with Crippen LogP contribution in [0, 0.1) is 24.0 Å². The van der Waals surface area contributed by atoms with Crippen LogP contribution in [-0.4, -0.2) is 32.4 Å². The molecule has 0 amide bonds. The molecule has 1 radical (unpaired) electrons. The first kappa shape index (κ1) is 28.5. The third-order valence-electron chi connectivity index (χ3n) is 4.94. The van der Waals surface area contributed by atoms with Crippen LogP contribution < -0.4 is 0 Å². The number of hydrogen-bond acceptors (Lipinski definition) is 5. The van der Waals surface area contributed by atoms with E-state index in [1.54, 1.807) is 38.2 Å². The molecule has 0 bridgehead atoms. The van der Waals surface area contributed by atoms with Crippen LogP contribution in [0.4, 0.5) is 5.69 Å². The van der Waals surface area contributed by atoms with Gasteiger partial charge in [0, 0.05) is 37.6 Å². The zero-order chi connectivity index (χ0) is 25.2. The molecule has 183 valence electrons. The zero-order valence-corrected chi connectivity index (χ0v) is 22.3. The van der Waals surface area contributed by atoms with Crippen LogP contribution in [0.15, 0.2) is 79.0 Å². The van der Waals surface area contributed by atoms with Gasteiger partial charge in [-0.3, -0.25) is 4.98 Å². The molecule has 0 saturated heterocycles. The first-order chi connectivity index (χ1) is 16.9. The van der Waals surface area contributed by atoms with Gasteiger partial charge in [0.05, 0.1) is 36.2 Å². The molecule has 2 N–H and O–H groups in total. The van der Waals surface area contributed by atoms with Crippen LogP contribution >= 0.6 is 0 Å². The molecule has 0 spiro atoms. The smallest absolute Gasteiger partial charge is 0.189 e. The van der Waals surface area contributed by atoms with E-state index in [0.717, 1.165) is 22.5 Å². The zero-order valence-electron chi connectivity index (χ0n) is 19.9. The molecule has 1 heterocycles. The number of nitriles is 1. The predicted molar refractivity (Wildman–Crippen MR) is 136 cm³/mol. The van der Waals surface area contributed by atoms with Gasteiger partial charge in [0.15, 0.2) is 5.69 Å². The number of aromatic nitrogens is 2. The van der Waals surface area contributed by atoms with Crippen molar-refractivity contribution in [3.8, 4) is 39.8 Å². The molecule has 0 aliphatic heterocycles. The molecule has 0 saturated carbocycles. The van der Waals surface area contributed by atoms with Crippen LogP contribution in [0.5, 0.6) is 0 Å². The van der Waals surface area contributed by atoms with Crippen molar-refractivity contribution in [2.24, 2.45) is 0 Å². The van der Waals surface area contributed by atoms with E-state index in [1.807, 2.05) is 54.6 Å². The molecule has 0 aliphatic carbocycles. The topological polar surface area (TPSA) is 94.4 Å². The Morgan fingerprint density at radius 3 is 2.22 bits per heavy atom. The van der Waals surface area contributed by atoms with E-state index in [-0.39, 0.29) is 32.3 Å². The standard InChI is InChI=1S/C24H13N4.C5H12O2.Ir/c1-26-21-13-17(15-25)12-20(14-21)22-16-27-23(18-8-4-2-5-9-18)24(28-22)19-10-6-3-7-11-19;1-4(6)3-5(2)7;/h2-8,10-14,16H;4-7H,3H2,1-2H3;/q-1;;. The number of nitrogens with zero attached hydrogens (tertiary/aromatic N) is 4. The maximum absolute atomic E-state index is 9.26. The average molecular weight is 654 g/mol. The summed E-state index contributed by atoms with van der Waals surface area (Å²) in [6, 6.07) is 27.8. The van der Waals surface area contributed by atoms with Gasteiger partial charge in [-0.05, 0) is 49.6 Å². The minimum Gasteiger partial charge on any atom is -0.393 e. The summed E-state index contributed by atoms with van der Waals surface area (Å²) in [5, 5.41) is 26.4. The van der Waals surface area contributed by atoms with Crippen molar-refractivity contribution >= 4 is 5.69 Å². The normalized spacial score (nSPS) is 11.5. The molecule has 6 nitrogen and oxygen atoms in total. The molecule has 3 aromatic carbocycles. The van der Waals surface area contributed by atoms with Crippen molar-refractivity contribution in [3.05, 3.63) is 102 Å². The Hall–Kier alpha value is -3.71. The molecule has 2 atom stereocenters. The second kappa shape index (κ2) is 14.0. The number of aliphatic hydroxyl groups excluding tert-OH is 2. The van der Waals surface area contributed by atoms with E-state index < -0.39 is 0 Å². The minimum absolute atomic E-state index is 0. The SMILES string of the molecule is CC(O)CC(C)O.[C-]#[N+]c1cc(C#N)cc(-c2cnc(-c3[c-]cccc3)c(-c3ccccc3)n2)c1.[Ir]. The maximum Gasteiger partial charge on any atom is 0.189 e. The van der Waals surface area contributed by atoms with Crippen molar-refractivity contribution in [2.45, 2.75) is 32.5 Å². The summed E-state index contributed by atoms with van der Waals surface area (Å²) in [5.41, 5.74) is 5.38. The summed E-state index contributed by atoms with van der Waals surface area (Å²) >= 11 is 0. The first-order valence-corrected chi connectivity index (χ1v) is 11.1. The fourth-order valence-corrected chi connectivity index (χ4v) is 3.45. The van der Waals surface area contributed by atoms with E-state index in [9.17, 15) is 5.26 Å². The largest absolute Gasteiger partial charge is 0.393 e. The van der Waals surface area contributed by atoms with Gasteiger partial charge in [-0.15, -0.1) is 35.9 Å². The Bertz CT molecular complexity index is 1310. The van der Waals surface area contributed by atoms with Crippen molar-refractivity contribution in [1.29, 1.82) is 5.26 Å². The van der Waals surface area contributed by atoms with E-state index in [1.165, 1.54) is 0 Å². The number of hydrogen-bond donors (Lipinski definition) is 2. The van der Waals surface area contributed by atoms with Crippen LogP contribution in [-0.2, 0) is 20.1 Å². The summed E-state index contributed by atoms with van der Waals surface area (Å²) in [7, 11) is 0. The summed E-state index contributed by atoms with van der Waals surface area (Å²) in [6.07, 6.45) is 1.40. The van der Waals surface area contributed by atoms with Gasteiger partial charge in [0.1, 0.15) is 0 Å². The van der Waals surface area contributed by atoms with Crippen LogP contribution in [0.25, 0.3) is 38.6 Å². The predicted octanol–water partition coefficient (Wildman–Crippen LogP) is 5.84. The summed E-state index contributed by atoms with van der Waals surface area (Å²) in [5.74, 6) is 0. The number of benzene rings is 3. The maximum atomic E-state index is 9.26. The van der Waals surface area contributed by atoms with Crippen molar-refractivity contribution in [3.63, 3.8) is 0 Å². The summed E-state index contributed by atoms with van der Waals surface area (Å²) in [6.45, 7) is 10.6. The Morgan fingerprint density at radius 1 is 0.972 bits per heavy atom. The summed E-state index contributed by atoms with van der Waals surface area (Å²) in [4.78, 5) is 13.0. The van der Waals surface area contributed by atoms with Crippen molar-refractivity contribution in [2.75, 3.05) is 0 Å². The molecule has 2 unspecified atom stereocenters. The third-order valence-corrected chi connectivity index (χ3v) is 4.94. The van der Waals surface area contributed by atoms with Crippen LogP contribution in [0.1, 0.15) is 25.8 Å². The molecule has 36 heavy (non-hydrogen) atoms. The molecular formula is C29H25IrN4O2-. The van der Waals surface area contributed by atoms with E-state index in [4.69, 9.17) is 21.8 Å². The van der Waals surface area contributed by atoms with Gasteiger partial charge in [0.2, 0.25) is 0 Å². The Morgan fingerprint density at radius 2 is 1.67 bits per heavy atom. The fourth-order valence-electron chi connectivity index (χ4n) is 3.45. The average Bonchev–Trinajstić information content (AvgIpc) is 2.88. The Kier molecular flexibility index (Phi) is 11.1. The fraction of sp³-hybridized carbons (Fsp3) is 0.172. The first-order valence-electron chi connectivity index (χ1n) is 11.1. The van der Waals surface area contributed by atoms with Gasteiger partial charge in [-0.2, -0.15) is 5.26 Å². The monoisotopic (exact) mass is 654 g/mol. The van der Waals surface area contributed by atoms with Gasteiger partial charge in [-0.1, -0.05) is 30.3 Å². The Labute approximate surface area is 225 Å². The van der Waals surface area contributed by atoms with Gasteiger partial charge in [0.25, 0.3) is 0 Å². The second-order valence-electron chi connectivity index (χ2n) is 8.02. The molecule has 0 aliphatic rings. The quantitative estimate of drug-likeness (QED) is 0.264. The van der Waals surface area contributed by atoms with E-state index in [0.29, 0.717) is 28.9 Å².